The van der Waals surface area contributed by atoms with Gasteiger partial charge in [-0.05, 0) is 44.0 Å². The van der Waals surface area contributed by atoms with Crippen LogP contribution in [-0.2, 0) is 16.6 Å². The number of halogens is 1. The Labute approximate surface area is 177 Å². The first-order valence-corrected chi connectivity index (χ1v) is 11.2. The number of sulfonamides is 1. The van der Waals surface area contributed by atoms with Crippen molar-refractivity contribution in [1.82, 2.24) is 9.21 Å². The number of aryl methyl sites for hydroxylation is 1. The molecule has 0 aromatic heterocycles. The van der Waals surface area contributed by atoms with Crippen LogP contribution < -0.4 is 4.74 Å². The minimum absolute atomic E-state index is 0.0914. The average molecular weight is 437 g/mol. The zero-order valence-electron chi connectivity index (χ0n) is 16.8. The number of hydrogen-bond donors (Lipinski definition) is 0. The van der Waals surface area contributed by atoms with Crippen LogP contribution in [0.5, 0.6) is 5.75 Å². The summed E-state index contributed by atoms with van der Waals surface area (Å²) in [5.41, 5.74) is 2.08. The smallest absolute Gasteiger partial charge is 0.255 e. The van der Waals surface area contributed by atoms with E-state index in [1.807, 2.05) is 25.1 Å². The summed E-state index contributed by atoms with van der Waals surface area (Å²) in [6, 6.07) is 10.1. The Morgan fingerprint density at radius 3 is 2.52 bits per heavy atom. The largest absolute Gasteiger partial charge is 0.496 e. The maximum atomic E-state index is 13.0. The van der Waals surface area contributed by atoms with Gasteiger partial charge in [0.25, 0.3) is 5.91 Å². The second kappa shape index (κ2) is 8.73. The van der Waals surface area contributed by atoms with Gasteiger partial charge in [0.2, 0.25) is 10.0 Å². The van der Waals surface area contributed by atoms with Crippen LogP contribution in [-0.4, -0.2) is 50.8 Å². The Bertz CT molecular complexity index is 1020. The zero-order chi connectivity index (χ0) is 21.2. The predicted molar refractivity (Wildman–Crippen MR) is 113 cm³/mol. The zero-order valence-corrected chi connectivity index (χ0v) is 18.4. The number of methoxy groups -OCH3 is 1. The lowest BCUT2D eigenvalue weighted by Gasteiger charge is -2.21. The van der Waals surface area contributed by atoms with Crippen molar-refractivity contribution in [1.29, 1.82) is 0 Å². The maximum absolute atomic E-state index is 13.0. The molecular weight excluding hydrogens is 412 g/mol. The molecule has 3 rings (SSSR count). The van der Waals surface area contributed by atoms with Gasteiger partial charge in [-0.2, -0.15) is 4.31 Å². The number of carbonyl (C=O) groups is 1. The molecule has 6 nitrogen and oxygen atoms in total. The van der Waals surface area contributed by atoms with Gasteiger partial charge in [0, 0.05) is 32.2 Å². The molecule has 1 fully saturated rings. The molecule has 1 amide bonds. The lowest BCUT2D eigenvalue weighted by molar-refractivity contribution is 0.0784. The van der Waals surface area contributed by atoms with E-state index in [2.05, 4.69) is 0 Å². The van der Waals surface area contributed by atoms with E-state index in [-0.39, 0.29) is 21.4 Å². The summed E-state index contributed by atoms with van der Waals surface area (Å²) >= 11 is 6.25. The summed E-state index contributed by atoms with van der Waals surface area (Å²) in [5, 5.41) is 0.221. The molecule has 1 aliphatic rings. The highest BCUT2D eigenvalue weighted by atomic mass is 35.5. The SMILES string of the molecule is COc1ccc(C)cc1CN(C)C(=O)c1cc(S(=O)(=O)N2CCCC2)ccc1Cl. The first kappa shape index (κ1) is 21.6. The molecule has 156 valence electrons. The van der Waals surface area contributed by atoms with Crippen molar-refractivity contribution in [3.63, 3.8) is 0 Å². The third-order valence-corrected chi connectivity index (χ3v) is 7.29. The van der Waals surface area contributed by atoms with Crippen molar-refractivity contribution in [3.8, 4) is 5.75 Å². The molecule has 0 radical (unpaired) electrons. The van der Waals surface area contributed by atoms with Crippen LogP contribution in [0.1, 0.15) is 34.3 Å². The van der Waals surface area contributed by atoms with Gasteiger partial charge < -0.3 is 9.64 Å². The first-order chi connectivity index (χ1) is 13.7. The van der Waals surface area contributed by atoms with E-state index < -0.39 is 10.0 Å². The van der Waals surface area contributed by atoms with Crippen LogP contribution in [0.25, 0.3) is 0 Å². The average Bonchev–Trinajstić information content (AvgIpc) is 3.23. The second-order valence-corrected chi connectivity index (χ2v) is 9.57. The number of benzene rings is 2. The van der Waals surface area contributed by atoms with Crippen molar-refractivity contribution in [2.75, 3.05) is 27.2 Å². The molecule has 2 aromatic carbocycles. The first-order valence-electron chi connectivity index (χ1n) is 9.42. The van der Waals surface area contributed by atoms with Gasteiger partial charge in [0.1, 0.15) is 5.75 Å². The summed E-state index contributed by atoms with van der Waals surface area (Å²) in [4.78, 5) is 14.6. The highest BCUT2D eigenvalue weighted by Gasteiger charge is 2.28. The molecule has 1 heterocycles. The Hall–Kier alpha value is -2.09. The molecule has 8 heteroatoms. The minimum atomic E-state index is -3.63. The summed E-state index contributed by atoms with van der Waals surface area (Å²) in [7, 11) is -0.391. The fourth-order valence-electron chi connectivity index (χ4n) is 3.47. The van der Waals surface area contributed by atoms with Crippen LogP contribution in [0, 0.1) is 6.92 Å². The topological polar surface area (TPSA) is 66.9 Å². The number of hydrogen-bond acceptors (Lipinski definition) is 4. The van der Waals surface area contributed by atoms with E-state index in [0.29, 0.717) is 25.4 Å². The third-order valence-electron chi connectivity index (χ3n) is 5.06. The van der Waals surface area contributed by atoms with Gasteiger partial charge in [0.05, 0.1) is 22.6 Å². The van der Waals surface area contributed by atoms with Gasteiger partial charge >= 0.3 is 0 Å². The quantitative estimate of drug-likeness (QED) is 0.692. The van der Waals surface area contributed by atoms with Crippen molar-refractivity contribution in [2.45, 2.75) is 31.2 Å². The summed E-state index contributed by atoms with van der Waals surface area (Å²) in [6.45, 7) is 3.28. The van der Waals surface area contributed by atoms with Crippen molar-refractivity contribution in [2.24, 2.45) is 0 Å². The van der Waals surface area contributed by atoms with Gasteiger partial charge in [-0.25, -0.2) is 8.42 Å². The summed E-state index contributed by atoms with van der Waals surface area (Å²) in [6.07, 6.45) is 1.69. The Morgan fingerprint density at radius 1 is 1.17 bits per heavy atom. The van der Waals surface area contributed by atoms with Gasteiger partial charge in [-0.1, -0.05) is 29.3 Å². The molecule has 0 saturated carbocycles. The fraction of sp³-hybridized carbons (Fsp3) is 0.381. The van der Waals surface area contributed by atoms with Gasteiger partial charge in [-0.15, -0.1) is 0 Å². The van der Waals surface area contributed by atoms with E-state index in [9.17, 15) is 13.2 Å². The lowest BCUT2D eigenvalue weighted by Crippen LogP contribution is -2.29. The Morgan fingerprint density at radius 2 is 1.86 bits per heavy atom. The molecule has 0 N–H and O–H groups in total. The monoisotopic (exact) mass is 436 g/mol. The Balaban J connectivity index is 1.88. The van der Waals surface area contributed by atoms with Crippen molar-refractivity contribution < 1.29 is 17.9 Å². The molecule has 0 atom stereocenters. The van der Waals surface area contributed by atoms with Crippen molar-refractivity contribution >= 4 is 27.5 Å². The fourth-order valence-corrected chi connectivity index (χ4v) is 5.21. The molecule has 0 unspecified atom stereocenters. The highest BCUT2D eigenvalue weighted by molar-refractivity contribution is 7.89. The minimum Gasteiger partial charge on any atom is -0.496 e. The number of ether oxygens (including phenoxy) is 1. The van der Waals surface area contributed by atoms with Crippen LogP contribution >= 0.6 is 11.6 Å². The van der Waals surface area contributed by atoms with Crippen LogP contribution in [0.4, 0.5) is 0 Å². The molecule has 2 aromatic rings. The van der Waals surface area contributed by atoms with E-state index in [4.69, 9.17) is 16.3 Å². The predicted octanol–water partition coefficient (Wildman–Crippen LogP) is 3.71. The molecule has 0 bridgehead atoms. The van der Waals surface area contributed by atoms with Crippen LogP contribution in [0.15, 0.2) is 41.3 Å². The third kappa shape index (κ3) is 4.57. The van der Waals surface area contributed by atoms with Crippen molar-refractivity contribution in [3.05, 3.63) is 58.1 Å². The highest BCUT2D eigenvalue weighted by Crippen LogP contribution is 2.27. The maximum Gasteiger partial charge on any atom is 0.255 e. The number of nitrogens with zero attached hydrogens (tertiary/aromatic N) is 2. The van der Waals surface area contributed by atoms with Crippen LogP contribution in [0.3, 0.4) is 0 Å². The molecule has 29 heavy (non-hydrogen) atoms. The molecule has 0 spiro atoms. The summed E-state index contributed by atoms with van der Waals surface area (Å²) in [5.74, 6) is 0.337. The molecule has 0 aliphatic carbocycles. The number of rotatable bonds is 6. The molecule has 1 aliphatic heterocycles. The van der Waals surface area contributed by atoms with Gasteiger partial charge in [-0.3, -0.25) is 4.79 Å². The van der Waals surface area contributed by atoms with E-state index in [0.717, 1.165) is 24.0 Å². The van der Waals surface area contributed by atoms with E-state index in [1.165, 1.54) is 27.4 Å². The lowest BCUT2D eigenvalue weighted by atomic mass is 10.1. The van der Waals surface area contributed by atoms with Crippen LogP contribution in [0.2, 0.25) is 5.02 Å². The number of carbonyl (C=O) groups excluding carboxylic acids is 1. The number of amides is 1. The molecular formula is C21H25ClN2O4S. The van der Waals surface area contributed by atoms with E-state index in [1.54, 1.807) is 14.2 Å². The molecule has 1 saturated heterocycles. The standard InChI is InChI=1S/C21H25ClN2O4S/c1-15-6-9-20(28-3)16(12-15)14-23(2)21(25)18-13-17(7-8-19(18)22)29(26,27)24-10-4-5-11-24/h6-9,12-13H,4-5,10-11,14H2,1-3H3. The normalized spacial score (nSPS) is 14.8. The second-order valence-electron chi connectivity index (χ2n) is 7.23. The van der Waals surface area contributed by atoms with Gasteiger partial charge in [0.15, 0.2) is 0 Å². The Kier molecular flexibility index (Phi) is 6.51. The summed E-state index contributed by atoms with van der Waals surface area (Å²) < 4.78 is 32.5. The van der Waals surface area contributed by atoms with E-state index >= 15 is 0 Å².